The van der Waals surface area contributed by atoms with Crippen molar-refractivity contribution in [2.45, 2.75) is 13.1 Å². The Hall–Kier alpha value is -2.86. The van der Waals surface area contributed by atoms with E-state index in [-0.39, 0.29) is 32.5 Å². The molecule has 0 aliphatic heterocycles. The summed E-state index contributed by atoms with van der Waals surface area (Å²) in [4.78, 5) is 41.4. The van der Waals surface area contributed by atoms with Crippen molar-refractivity contribution < 1.29 is 27.2 Å². The summed E-state index contributed by atoms with van der Waals surface area (Å²) in [6.45, 7) is 1.75. The molecule has 1 N–H and O–H groups in total. The number of hydroxylamine groups is 2. The molecule has 2 aromatic rings. The van der Waals surface area contributed by atoms with Crippen LogP contribution < -0.4 is 16.6 Å². The number of anilines is 1. The van der Waals surface area contributed by atoms with E-state index in [1.54, 1.807) is 6.92 Å². The van der Waals surface area contributed by atoms with Gasteiger partial charge in [0.15, 0.2) is 0 Å². The van der Waals surface area contributed by atoms with E-state index >= 15 is 0 Å². The fraction of sp³-hybridized carbons (Fsp3) is 0.312. The summed E-state index contributed by atoms with van der Waals surface area (Å²) < 4.78 is 53.7. The van der Waals surface area contributed by atoms with Crippen molar-refractivity contribution in [3.63, 3.8) is 0 Å². The van der Waals surface area contributed by atoms with E-state index in [0.717, 1.165) is 18.2 Å². The number of carbonyl (C=O) groups excluding carboxylic acids is 1. The molecule has 0 aliphatic carbocycles. The van der Waals surface area contributed by atoms with Crippen molar-refractivity contribution in [3.05, 3.63) is 55.6 Å². The normalized spacial score (nSPS) is 11.4. The monoisotopic (exact) mass is 438 g/mol. The van der Waals surface area contributed by atoms with Gasteiger partial charge >= 0.3 is 17.9 Å². The molecule has 0 radical (unpaired) electrons. The van der Waals surface area contributed by atoms with Crippen LogP contribution in [0.15, 0.2) is 27.8 Å². The molecular weight excluding hydrogens is 424 g/mol. The molecule has 29 heavy (non-hydrogen) atoms. The zero-order valence-corrected chi connectivity index (χ0v) is 16.1. The third kappa shape index (κ3) is 4.43. The molecule has 0 fully saturated rings. The van der Waals surface area contributed by atoms with Crippen molar-refractivity contribution in [1.82, 2.24) is 14.2 Å². The fourth-order valence-electron chi connectivity index (χ4n) is 2.46. The minimum absolute atomic E-state index is 0.146. The fourth-order valence-corrected chi connectivity index (χ4v) is 2.65. The van der Waals surface area contributed by atoms with Gasteiger partial charge in [0.1, 0.15) is 11.5 Å². The van der Waals surface area contributed by atoms with Crippen LogP contribution in [0.4, 0.5) is 28.0 Å². The van der Waals surface area contributed by atoms with Gasteiger partial charge in [-0.05, 0) is 19.1 Å². The second-order valence-electron chi connectivity index (χ2n) is 5.63. The molecule has 2 amide bonds. The molecule has 1 aromatic heterocycles. The molecule has 0 bridgehead atoms. The number of urea groups is 1. The number of halogens is 5. The highest BCUT2D eigenvalue weighted by Gasteiger charge is 2.35. The molecule has 2 rings (SSSR count). The lowest BCUT2D eigenvalue weighted by atomic mass is 10.2. The van der Waals surface area contributed by atoms with E-state index in [9.17, 15) is 31.9 Å². The lowest BCUT2D eigenvalue weighted by molar-refractivity contribution is -0.144. The van der Waals surface area contributed by atoms with Gasteiger partial charge < -0.3 is 5.32 Å². The number of hydrogen-bond donors (Lipinski definition) is 1. The number of rotatable bonds is 4. The van der Waals surface area contributed by atoms with Crippen molar-refractivity contribution in [2.75, 3.05) is 19.0 Å². The zero-order valence-electron chi connectivity index (χ0n) is 15.3. The summed E-state index contributed by atoms with van der Waals surface area (Å²) in [6.07, 6.45) is -4.96. The third-order valence-corrected chi connectivity index (χ3v) is 4.18. The number of alkyl halides is 3. The molecule has 0 saturated heterocycles. The number of amides is 2. The maximum Gasteiger partial charge on any atom is 0.431 e. The van der Waals surface area contributed by atoms with Crippen LogP contribution in [0.3, 0.4) is 0 Å². The number of benzene rings is 1. The third-order valence-electron chi connectivity index (χ3n) is 3.86. The molecule has 13 heteroatoms. The molecule has 1 aromatic carbocycles. The minimum Gasteiger partial charge on any atom is -0.305 e. The number of carbonyl (C=O) groups is 1. The molecule has 158 valence electrons. The van der Waals surface area contributed by atoms with Gasteiger partial charge in [-0.1, -0.05) is 11.6 Å². The maximum absolute atomic E-state index is 14.4. The van der Waals surface area contributed by atoms with Gasteiger partial charge in [0.2, 0.25) is 0 Å². The highest BCUT2D eigenvalue weighted by Crippen LogP contribution is 2.29. The lowest BCUT2D eigenvalue weighted by Crippen LogP contribution is -2.41. The number of nitrogens with zero attached hydrogens (tertiary/aromatic N) is 3. The Kier molecular flexibility index (Phi) is 6.38. The van der Waals surface area contributed by atoms with Crippen molar-refractivity contribution in [3.8, 4) is 5.69 Å². The molecule has 8 nitrogen and oxygen atoms in total. The maximum atomic E-state index is 14.4. The van der Waals surface area contributed by atoms with Gasteiger partial charge in [-0.15, -0.1) is 0 Å². The summed E-state index contributed by atoms with van der Waals surface area (Å²) in [5.41, 5.74) is -5.23. The summed E-state index contributed by atoms with van der Waals surface area (Å²) >= 11 is 5.89. The van der Waals surface area contributed by atoms with Gasteiger partial charge in [0.05, 0.1) is 23.5 Å². The highest BCUT2D eigenvalue weighted by atomic mass is 35.5. The van der Waals surface area contributed by atoms with Crippen LogP contribution in [-0.4, -0.2) is 33.9 Å². The second kappa shape index (κ2) is 8.25. The van der Waals surface area contributed by atoms with E-state index in [4.69, 9.17) is 16.4 Å². The van der Waals surface area contributed by atoms with Crippen LogP contribution in [0, 0.1) is 5.82 Å². The first-order valence-corrected chi connectivity index (χ1v) is 8.32. The molecule has 0 saturated carbocycles. The Labute approximate surface area is 165 Å². The smallest absolute Gasteiger partial charge is 0.305 e. The molecule has 0 aliphatic rings. The van der Waals surface area contributed by atoms with E-state index in [2.05, 4.69) is 5.32 Å². The summed E-state index contributed by atoms with van der Waals surface area (Å²) in [5, 5.41) is 2.91. The molecule has 1 heterocycles. The first-order valence-electron chi connectivity index (χ1n) is 7.94. The Bertz CT molecular complexity index is 1060. The second-order valence-corrected chi connectivity index (χ2v) is 6.04. The van der Waals surface area contributed by atoms with Gasteiger partial charge in [-0.25, -0.2) is 23.6 Å². The van der Waals surface area contributed by atoms with Crippen LogP contribution in [-0.2, 0) is 18.1 Å². The number of aromatic nitrogens is 2. The van der Waals surface area contributed by atoms with Crippen molar-refractivity contribution in [2.24, 2.45) is 7.05 Å². The van der Waals surface area contributed by atoms with Crippen molar-refractivity contribution in [1.29, 1.82) is 0 Å². The Morgan fingerprint density at radius 3 is 2.41 bits per heavy atom. The summed E-state index contributed by atoms with van der Waals surface area (Å²) in [6, 6.07) is 0.938. The SMILES string of the molecule is CCN(OC)C(=O)Nc1cc(-n2c(=O)cc(C(F)(F)F)n(C)c2=O)c(F)cc1Cl. The topological polar surface area (TPSA) is 85.6 Å². The molecule has 0 atom stereocenters. The average molecular weight is 439 g/mol. The van der Waals surface area contributed by atoms with Gasteiger partial charge in [0, 0.05) is 19.7 Å². The van der Waals surface area contributed by atoms with Crippen LogP contribution >= 0.6 is 11.6 Å². The van der Waals surface area contributed by atoms with Crippen LogP contribution in [0.2, 0.25) is 5.02 Å². The standard InChI is InChI=1S/C16H15ClF4N4O4/c1-4-24(29-3)14(27)22-10-6-11(9(18)5-8(10)17)25-13(26)7-12(16(19,20)21)23(2)15(25)28/h5-7H,4H2,1-3H3,(H,22,27). The average Bonchev–Trinajstić information content (AvgIpc) is 2.61. The quantitative estimate of drug-likeness (QED) is 0.587. The Morgan fingerprint density at radius 1 is 1.28 bits per heavy atom. The first-order chi connectivity index (χ1) is 13.4. The highest BCUT2D eigenvalue weighted by molar-refractivity contribution is 6.33. The lowest BCUT2D eigenvalue weighted by Gasteiger charge is -2.19. The number of hydrogen-bond acceptors (Lipinski definition) is 4. The summed E-state index contributed by atoms with van der Waals surface area (Å²) in [7, 11) is 2.02. The van der Waals surface area contributed by atoms with E-state index in [1.165, 1.54) is 7.11 Å². The largest absolute Gasteiger partial charge is 0.431 e. The molecule has 0 unspecified atom stereocenters. The first kappa shape index (κ1) is 22.4. The minimum atomic E-state index is -4.96. The molecule has 0 spiro atoms. The summed E-state index contributed by atoms with van der Waals surface area (Å²) in [5.74, 6) is -1.16. The van der Waals surface area contributed by atoms with E-state index < -0.39 is 40.7 Å². The molecular formula is C16H15ClF4N4O4. The predicted molar refractivity (Wildman–Crippen MR) is 95.7 cm³/mol. The van der Waals surface area contributed by atoms with E-state index in [1.807, 2.05) is 0 Å². The van der Waals surface area contributed by atoms with Gasteiger partial charge in [0.25, 0.3) is 5.56 Å². The Morgan fingerprint density at radius 2 is 1.90 bits per heavy atom. The number of nitrogens with one attached hydrogen (secondary N) is 1. The van der Waals surface area contributed by atoms with E-state index in [0.29, 0.717) is 6.07 Å². The predicted octanol–water partition coefficient (Wildman–Crippen LogP) is 2.76. The van der Waals surface area contributed by atoms with Crippen LogP contribution in [0.1, 0.15) is 12.6 Å². The van der Waals surface area contributed by atoms with Gasteiger partial charge in [-0.3, -0.25) is 14.2 Å². The van der Waals surface area contributed by atoms with Crippen LogP contribution in [0.25, 0.3) is 5.69 Å². The van der Waals surface area contributed by atoms with Gasteiger partial charge in [-0.2, -0.15) is 13.2 Å². The van der Waals surface area contributed by atoms with Crippen molar-refractivity contribution >= 4 is 23.3 Å². The van der Waals surface area contributed by atoms with Crippen LogP contribution in [0.5, 0.6) is 0 Å². The Balaban J connectivity index is 2.65. The zero-order chi connectivity index (χ0) is 22.1.